The van der Waals surface area contributed by atoms with Gasteiger partial charge in [-0.2, -0.15) is 0 Å². The van der Waals surface area contributed by atoms with E-state index in [4.69, 9.17) is 0 Å². The van der Waals surface area contributed by atoms with Crippen LogP contribution in [0.1, 0.15) is 17.2 Å². The molecule has 1 unspecified atom stereocenters. The topological polar surface area (TPSA) is 45.1 Å². The van der Waals surface area contributed by atoms with Gasteiger partial charge in [-0.15, -0.1) is 24.8 Å². The van der Waals surface area contributed by atoms with Gasteiger partial charge in [-0.3, -0.25) is 4.98 Å². The molecule has 1 aromatic heterocycles. The second-order valence-electron chi connectivity index (χ2n) is 3.91. The maximum Gasteiger partial charge on any atom is 0.0915 e. The standard InChI is InChI=1S/C14H16N2O.2ClH/c17-14(13-6-8-15-9-7-13)11-16-10-12-4-2-1-3-5-12;;/h1-9,14,16-17H,10-11H2;2*1H. The highest BCUT2D eigenvalue weighted by atomic mass is 35.5. The summed E-state index contributed by atoms with van der Waals surface area (Å²) in [5.41, 5.74) is 2.11. The molecule has 2 N–H and O–H groups in total. The molecule has 2 aromatic rings. The lowest BCUT2D eigenvalue weighted by atomic mass is 10.1. The predicted molar refractivity (Wildman–Crippen MR) is 81.8 cm³/mol. The molecule has 0 aliphatic heterocycles. The summed E-state index contributed by atoms with van der Waals surface area (Å²) in [6.45, 7) is 1.31. The minimum absolute atomic E-state index is 0. The van der Waals surface area contributed by atoms with Crippen molar-refractivity contribution in [3.63, 3.8) is 0 Å². The third kappa shape index (κ3) is 6.03. The number of pyridine rings is 1. The molecular formula is C14H18Cl2N2O. The summed E-state index contributed by atoms with van der Waals surface area (Å²) in [7, 11) is 0. The maximum absolute atomic E-state index is 9.91. The summed E-state index contributed by atoms with van der Waals surface area (Å²) in [6, 6.07) is 13.8. The van der Waals surface area contributed by atoms with E-state index < -0.39 is 6.10 Å². The van der Waals surface area contributed by atoms with E-state index in [-0.39, 0.29) is 24.8 Å². The lowest BCUT2D eigenvalue weighted by molar-refractivity contribution is 0.174. The predicted octanol–water partition coefficient (Wildman–Crippen LogP) is 2.75. The van der Waals surface area contributed by atoms with Gasteiger partial charge in [0.15, 0.2) is 0 Å². The smallest absolute Gasteiger partial charge is 0.0915 e. The van der Waals surface area contributed by atoms with E-state index in [2.05, 4.69) is 22.4 Å². The number of aromatic nitrogens is 1. The Labute approximate surface area is 125 Å². The molecule has 0 bridgehead atoms. The molecule has 1 heterocycles. The highest BCUT2D eigenvalue weighted by molar-refractivity contribution is 5.85. The third-order valence-corrected chi connectivity index (χ3v) is 2.60. The van der Waals surface area contributed by atoms with Crippen molar-refractivity contribution < 1.29 is 5.11 Å². The van der Waals surface area contributed by atoms with Crippen molar-refractivity contribution in [3.8, 4) is 0 Å². The van der Waals surface area contributed by atoms with Crippen LogP contribution in [0.3, 0.4) is 0 Å². The second kappa shape index (κ2) is 9.75. The van der Waals surface area contributed by atoms with Gasteiger partial charge in [0.2, 0.25) is 0 Å². The molecule has 0 spiro atoms. The average Bonchev–Trinajstić information content (AvgIpc) is 2.41. The largest absolute Gasteiger partial charge is 0.387 e. The molecule has 1 aromatic carbocycles. The van der Waals surface area contributed by atoms with Crippen LogP contribution >= 0.6 is 24.8 Å². The van der Waals surface area contributed by atoms with Crippen molar-refractivity contribution in [2.75, 3.05) is 6.54 Å². The van der Waals surface area contributed by atoms with Crippen molar-refractivity contribution in [3.05, 3.63) is 66.0 Å². The maximum atomic E-state index is 9.91. The molecule has 0 saturated carbocycles. The molecule has 19 heavy (non-hydrogen) atoms. The van der Waals surface area contributed by atoms with Crippen LogP contribution in [-0.4, -0.2) is 16.6 Å². The number of rotatable bonds is 5. The number of halogens is 2. The van der Waals surface area contributed by atoms with Gasteiger partial charge < -0.3 is 10.4 Å². The van der Waals surface area contributed by atoms with E-state index in [1.165, 1.54) is 5.56 Å². The van der Waals surface area contributed by atoms with Crippen LogP contribution in [-0.2, 0) is 6.54 Å². The fourth-order valence-corrected chi connectivity index (χ4v) is 1.65. The van der Waals surface area contributed by atoms with Gasteiger partial charge in [0.1, 0.15) is 0 Å². The first-order valence-electron chi connectivity index (χ1n) is 5.69. The monoisotopic (exact) mass is 300 g/mol. The van der Waals surface area contributed by atoms with Crippen molar-refractivity contribution in [2.24, 2.45) is 0 Å². The lowest BCUT2D eigenvalue weighted by Crippen LogP contribution is -2.21. The van der Waals surface area contributed by atoms with Gasteiger partial charge in [0, 0.05) is 25.5 Å². The van der Waals surface area contributed by atoms with Crippen LogP contribution in [0.15, 0.2) is 54.9 Å². The van der Waals surface area contributed by atoms with Gasteiger partial charge in [-0.05, 0) is 23.3 Å². The van der Waals surface area contributed by atoms with E-state index in [9.17, 15) is 5.11 Å². The zero-order valence-electron chi connectivity index (χ0n) is 10.4. The van der Waals surface area contributed by atoms with Crippen molar-refractivity contribution in [1.29, 1.82) is 0 Å². The summed E-state index contributed by atoms with van der Waals surface area (Å²) < 4.78 is 0. The molecule has 5 heteroatoms. The third-order valence-electron chi connectivity index (χ3n) is 2.60. The number of aliphatic hydroxyl groups excluding tert-OH is 1. The highest BCUT2D eigenvalue weighted by Crippen LogP contribution is 2.09. The average molecular weight is 301 g/mol. The quantitative estimate of drug-likeness (QED) is 0.892. The molecule has 3 nitrogen and oxygen atoms in total. The molecule has 0 aliphatic carbocycles. The fourth-order valence-electron chi connectivity index (χ4n) is 1.65. The second-order valence-corrected chi connectivity index (χ2v) is 3.91. The molecular weight excluding hydrogens is 283 g/mol. The fraction of sp³-hybridized carbons (Fsp3) is 0.214. The number of nitrogens with one attached hydrogen (secondary N) is 1. The first kappa shape index (κ1) is 17.9. The SMILES string of the molecule is Cl.Cl.OC(CNCc1ccccc1)c1ccncc1. The molecule has 0 amide bonds. The molecule has 104 valence electrons. The van der Waals surface area contributed by atoms with Gasteiger partial charge >= 0.3 is 0 Å². The van der Waals surface area contributed by atoms with E-state index >= 15 is 0 Å². The van der Waals surface area contributed by atoms with Crippen LogP contribution < -0.4 is 5.32 Å². The highest BCUT2D eigenvalue weighted by Gasteiger charge is 2.05. The summed E-state index contributed by atoms with van der Waals surface area (Å²) in [5.74, 6) is 0. The van der Waals surface area contributed by atoms with E-state index in [1.807, 2.05) is 30.3 Å². The molecule has 0 aliphatic rings. The van der Waals surface area contributed by atoms with Gasteiger partial charge in [-0.1, -0.05) is 30.3 Å². The first-order valence-corrected chi connectivity index (χ1v) is 5.69. The Balaban J connectivity index is 0.00000162. The molecule has 0 fully saturated rings. The Morgan fingerprint density at radius 2 is 1.63 bits per heavy atom. The molecule has 2 rings (SSSR count). The number of aliphatic hydroxyl groups is 1. The van der Waals surface area contributed by atoms with Crippen molar-refractivity contribution in [1.82, 2.24) is 10.3 Å². The van der Waals surface area contributed by atoms with Crippen LogP contribution in [0.4, 0.5) is 0 Å². The van der Waals surface area contributed by atoms with E-state index in [0.29, 0.717) is 6.54 Å². The molecule has 1 atom stereocenters. The summed E-state index contributed by atoms with van der Waals surface area (Å²) >= 11 is 0. The minimum atomic E-state index is -0.485. The zero-order valence-corrected chi connectivity index (χ0v) is 12.0. The summed E-state index contributed by atoms with van der Waals surface area (Å²) in [4.78, 5) is 3.92. The first-order chi connectivity index (χ1) is 8.36. The van der Waals surface area contributed by atoms with Crippen molar-refractivity contribution >= 4 is 24.8 Å². The number of benzene rings is 1. The Bertz CT molecular complexity index is 440. The normalized spacial score (nSPS) is 11.0. The van der Waals surface area contributed by atoms with Crippen LogP contribution in [0.25, 0.3) is 0 Å². The summed E-state index contributed by atoms with van der Waals surface area (Å²) in [6.07, 6.45) is 2.90. The number of nitrogens with zero attached hydrogens (tertiary/aromatic N) is 1. The summed E-state index contributed by atoms with van der Waals surface area (Å²) in [5, 5.41) is 13.1. The molecule has 0 radical (unpaired) electrons. The van der Waals surface area contributed by atoms with E-state index in [0.717, 1.165) is 12.1 Å². The lowest BCUT2D eigenvalue weighted by Gasteiger charge is -2.11. The number of hydrogen-bond acceptors (Lipinski definition) is 3. The zero-order chi connectivity index (χ0) is 11.9. The Kier molecular flexibility index (Phi) is 9.17. The Morgan fingerprint density at radius 3 is 2.26 bits per heavy atom. The van der Waals surface area contributed by atoms with Crippen molar-refractivity contribution in [2.45, 2.75) is 12.6 Å². The van der Waals surface area contributed by atoms with Gasteiger partial charge in [0.05, 0.1) is 6.10 Å². The van der Waals surface area contributed by atoms with Gasteiger partial charge in [0.25, 0.3) is 0 Å². The minimum Gasteiger partial charge on any atom is -0.387 e. The van der Waals surface area contributed by atoms with Crippen LogP contribution in [0.5, 0.6) is 0 Å². The van der Waals surface area contributed by atoms with Gasteiger partial charge in [-0.25, -0.2) is 0 Å². The van der Waals surface area contributed by atoms with Crippen LogP contribution in [0.2, 0.25) is 0 Å². The van der Waals surface area contributed by atoms with Crippen LogP contribution in [0, 0.1) is 0 Å². The molecule has 0 saturated heterocycles. The number of hydrogen-bond donors (Lipinski definition) is 2. The van der Waals surface area contributed by atoms with E-state index in [1.54, 1.807) is 12.4 Å². The Morgan fingerprint density at radius 1 is 1.00 bits per heavy atom. The Hall–Kier alpha value is -1.13.